The molecule has 8 heteroatoms. The Morgan fingerprint density at radius 1 is 1.03 bits per heavy atom. The second kappa shape index (κ2) is 10.3. The van der Waals surface area contributed by atoms with E-state index in [0.717, 1.165) is 43.7 Å². The highest BCUT2D eigenvalue weighted by atomic mass is 16.5. The minimum atomic E-state index is -0.290. The summed E-state index contributed by atoms with van der Waals surface area (Å²) in [5.41, 5.74) is 1.40. The van der Waals surface area contributed by atoms with Crippen molar-refractivity contribution in [3.05, 3.63) is 45.1 Å². The summed E-state index contributed by atoms with van der Waals surface area (Å²) in [7, 11) is 3.36. The number of hydrogen-bond donors (Lipinski definition) is 0. The van der Waals surface area contributed by atoms with Crippen LogP contribution in [-0.4, -0.2) is 32.3 Å². The highest BCUT2D eigenvalue weighted by Crippen LogP contribution is 2.32. The molecule has 1 aromatic carbocycles. The van der Waals surface area contributed by atoms with E-state index in [1.807, 2.05) is 28.8 Å². The van der Waals surface area contributed by atoms with Gasteiger partial charge in [-0.2, -0.15) is 4.98 Å². The number of aryl methyl sites for hydroxylation is 2. The first kappa shape index (κ1) is 23.1. The van der Waals surface area contributed by atoms with Crippen molar-refractivity contribution < 1.29 is 4.74 Å². The van der Waals surface area contributed by atoms with Crippen molar-refractivity contribution in [3.63, 3.8) is 0 Å². The van der Waals surface area contributed by atoms with E-state index >= 15 is 0 Å². The molecule has 1 aliphatic rings. The Hall–Kier alpha value is -3.03. The normalized spacial score (nSPS) is 13.5. The van der Waals surface area contributed by atoms with E-state index in [0.29, 0.717) is 30.2 Å². The predicted octanol–water partition coefficient (Wildman–Crippen LogP) is 4.20. The number of anilines is 2. The van der Waals surface area contributed by atoms with Crippen LogP contribution in [0.15, 0.2) is 33.9 Å². The fraction of sp³-hybridized carbons (Fsp3) is 0.560. The zero-order valence-corrected chi connectivity index (χ0v) is 20.0. The molecule has 0 N–H and O–H groups in total. The van der Waals surface area contributed by atoms with Gasteiger partial charge in [0.05, 0.1) is 7.11 Å². The maximum Gasteiger partial charge on any atom is 0.332 e. The largest absolute Gasteiger partial charge is 0.497 e. The van der Waals surface area contributed by atoms with Gasteiger partial charge in [-0.25, -0.2) is 4.79 Å². The van der Waals surface area contributed by atoms with Gasteiger partial charge in [0.25, 0.3) is 5.56 Å². The Labute approximate surface area is 194 Å². The van der Waals surface area contributed by atoms with E-state index in [2.05, 4.69) is 11.8 Å². The number of nitrogens with zero attached hydrogens (tertiary/aromatic N) is 5. The molecule has 0 fully saturated rings. The van der Waals surface area contributed by atoms with Crippen LogP contribution in [0, 0.1) is 0 Å². The molecule has 3 aromatic rings. The molecule has 2 aromatic heterocycles. The molecule has 178 valence electrons. The molecule has 0 radical (unpaired) electrons. The summed E-state index contributed by atoms with van der Waals surface area (Å²) in [6.45, 7) is 4.16. The van der Waals surface area contributed by atoms with Gasteiger partial charge in [-0.15, -0.1) is 0 Å². The van der Waals surface area contributed by atoms with Gasteiger partial charge in [-0.1, -0.05) is 51.5 Å². The number of hydrogen-bond acceptors (Lipinski definition) is 5. The van der Waals surface area contributed by atoms with Crippen LogP contribution in [0.25, 0.3) is 11.2 Å². The Balaban J connectivity index is 1.65. The Morgan fingerprint density at radius 3 is 2.55 bits per heavy atom. The summed E-state index contributed by atoms with van der Waals surface area (Å²) < 4.78 is 10.3. The molecule has 0 atom stereocenters. The zero-order chi connectivity index (χ0) is 23.4. The third kappa shape index (κ3) is 4.56. The Kier molecular flexibility index (Phi) is 7.20. The minimum Gasteiger partial charge on any atom is -0.497 e. The molecule has 0 bridgehead atoms. The minimum absolute atomic E-state index is 0.231. The van der Waals surface area contributed by atoms with Crippen LogP contribution < -0.4 is 20.9 Å². The lowest BCUT2D eigenvalue weighted by Crippen LogP contribution is -2.40. The fourth-order valence-corrected chi connectivity index (χ4v) is 4.71. The number of aromatic nitrogens is 4. The van der Waals surface area contributed by atoms with E-state index in [-0.39, 0.29) is 11.2 Å². The average molecular weight is 454 g/mol. The number of benzene rings is 1. The van der Waals surface area contributed by atoms with Crippen molar-refractivity contribution in [1.29, 1.82) is 0 Å². The quantitative estimate of drug-likeness (QED) is 0.430. The second-order valence-electron chi connectivity index (χ2n) is 8.86. The standard InChI is InChI=1S/C25H35N5O3/c1-4-5-6-7-8-9-10-15-30-23(31)21-22(27(2)25(30)32)26-24-28(16-12-17-29(21)24)19-13-11-14-20(18-19)33-3/h11,13-14,18H,4-10,12,15-17H2,1-3H3. The average Bonchev–Trinajstić information content (AvgIpc) is 3.24. The number of imidazole rings is 1. The van der Waals surface area contributed by atoms with E-state index in [4.69, 9.17) is 9.72 Å². The van der Waals surface area contributed by atoms with E-state index in [9.17, 15) is 9.59 Å². The summed E-state index contributed by atoms with van der Waals surface area (Å²) in [5, 5.41) is 0. The molecule has 0 aliphatic carbocycles. The molecule has 0 amide bonds. The topological polar surface area (TPSA) is 74.3 Å². The number of unbranched alkanes of at least 4 members (excludes halogenated alkanes) is 6. The smallest absolute Gasteiger partial charge is 0.332 e. The summed E-state index contributed by atoms with van der Waals surface area (Å²) in [6, 6.07) is 7.82. The maximum atomic E-state index is 13.4. The first-order valence-corrected chi connectivity index (χ1v) is 12.2. The van der Waals surface area contributed by atoms with Crippen LogP contribution >= 0.6 is 0 Å². The Bertz CT molecular complexity index is 1220. The molecule has 0 saturated heterocycles. The Morgan fingerprint density at radius 2 is 1.79 bits per heavy atom. The number of fused-ring (bicyclic) bond motifs is 3. The van der Waals surface area contributed by atoms with Crippen LogP contribution in [-0.2, 0) is 20.1 Å². The van der Waals surface area contributed by atoms with Gasteiger partial charge < -0.3 is 14.2 Å². The van der Waals surface area contributed by atoms with Gasteiger partial charge in [0, 0.05) is 38.4 Å². The monoisotopic (exact) mass is 453 g/mol. The molecule has 0 unspecified atom stereocenters. The summed E-state index contributed by atoms with van der Waals surface area (Å²) in [6.07, 6.45) is 8.89. The lowest BCUT2D eigenvalue weighted by Gasteiger charge is -2.29. The van der Waals surface area contributed by atoms with Gasteiger partial charge >= 0.3 is 5.69 Å². The third-order valence-corrected chi connectivity index (χ3v) is 6.57. The molecule has 4 rings (SSSR count). The molecule has 33 heavy (non-hydrogen) atoms. The summed E-state index contributed by atoms with van der Waals surface area (Å²) >= 11 is 0. The van der Waals surface area contributed by atoms with Crippen molar-refractivity contribution in [2.45, 2.75) is 71.4 Å². The van der Waals surface area contributed by atoms with Crippen LogP contribution in [0.3, 0.4) is 0 Å². The van der Waals surface area contributed by atoms with Gasteiger partial charge in [0.2, 0.25) is 5.95 Å². The maximum absolute atomic E-state index is 13.4. The molecule has 1 aliphatic heterocycles. The summed E-state index contributed by atoms with van der Waals surface area (Å²) in [5.74, 6) is 1.47. The molecule has 0 saturated carbocycles. The highest BCUT2D eigenvalue weighted by Gasteiger charge is 2.27. The second-order valence-corrected chi connectivity index (χ2v) is 8.86. The van der Waals surface area contributed by atoms with Gasteiger partial charge in [-0.3, -0.25) is 13.9 Å². The van der Waals surface area contributed by atoms with Crippen molar-refractivity contribution in [1.82, 2.24) is 18.7 Å². The van der Waals surface area contributed by atoms with Gasteiger partial charge in [0.15, 0.2) is 11.2 Å². The van der Waals surface area contributed by atoms with Crippen molar-refractivity contribution >= 4 is 22.8 Å². The molecule has 3 heterocycles. The van der Waals surface area contributed by atoms with Crippen LogP contribution in [0.4, 0.5) is 11.6 Å². The lowest BCUT2D eigenvalue weighted by molar-refractivity contribution is 0.415. The van der Waals surface area contributed by atoms with Crippen molar-refractivity contribution in [3.8, 4) is 5.75 Å². The molecular formula is C25H35N5O3. The van der Waals surface area contributed by atoms with Crippen LogP contribution in [0.2, 0.25) is 0 Å². The van der Waals surface area contributed by atoms with Gasteiger partial charge in [-0.05, 0) is 25.0 Å². The van der Waals surface area contributed by atoms with Gasteiger partial charge in [0.1, 0.15) is 5.75 Å². The first-order valence-electron chi connectivity index (χ1n) is 12.2. The zero-order valence-electron chi connectivity index (χ0n) is 20.0. The number of ether oxygens (including phenoxy) is 1. The summed E-state index contributed by atoms with van der Waals surface area (Å²) in [4.78, 5) is 33.3. The third-order valence-electron chi connectivity index (χ3n) is 6.57. The lowest BCUT2D eigenvalue weighted by atomic mass is 10.1. The van der Waals surface area contributed by atoms with Crippen LogP contribution in [0.1, 0.15) is 58.3 Å². The molecule has 8 nitrogen and oxygen atoms in total. The fourth-order valence-electron chi connectivity index (χ4n) is 4.71. The SMILES string of the molecule is CCCCCCCCCn1c(=O)c2c(nc3n2CCCN3c2cccc(OC)c2)n(C)c1=O. The number of methoxy groups -OCH3 is 1. The first-order chi connectivity index (χ1) is 16.1. The van der Waals surface area contributed by atoms with Crippen LogP contribution in [0.5, 0.6) is 5.75 Å². The predicted molar refractivity (Wildman–Crippen MR) is 132 cm³/mol. The van der Waals surface area contributed by atoms with E-state index in [1.165, 1.54) is 34.8 Å². The molecule has 0 spiro atoms. The highest BCUT2D eigenvalue weighted by molar-refractivity contribution is 5.77. The number of rotatable bonds is 10. The van der Waals surface area contributed by atoms with E-state index in [1.54, 1.807) is 14.2 Å². The van der Waals surface area contributed by atoms with Crippen molar-refractivity contribution in [2.75, 3.05) is 18.6 Å². The van der Waals surface area contributed by atoms with Crippen molar-refractivity contribution in [2.24, 2.45) is 7.05 Å². The molecular weight excluding hydrogens is 418 g/mol. The van der Waals surface area contributed by atoms with E-state index < -0.39 is 0 Å².